The van der Waals surface area contributed by atoms with Crippen LogP contribution in [0.25, 0.3) is 0 Å². The van der Waals surface area contributed by atoms with Gasteiger partial charge in [-0.2, -0.15) is 0 Å². The van der Waals surface area contributed by atoms with Crippen LogP contribution in [0.2, 0.25) is 0 Å². The number of nitrogens with one attached hydrogen (secondary N) is 1. The van der Waals surface area contributed by atoms with Crippen LogP contribution in [-0.4, -0.2) is 19.6 Å². The maximum absolute atomic E-state index is 11.0. The van der Waals surface area contributed by atoms with Gasteiger partial charge in [0.1, 0.15) is 0 Å². The summed E-state index contributed by atoms with van der Waals surface area (Å²) in [6, 6.07) is 0. The molecule has 0 bridgehead atoms. The molecule has 1 unspecified atom stereocenters. The van der Waals surface area contributed by atoms with E-state index in [1.807, 2.05) is 6.92 Å². The molecular formula is C7H16N2O2. The quantitative estimate of drug-likeness (QED) is 0.558. The molecule has 0 saturated heterocycles. The number of nitrogens with two attached hydrogens (primary N) is 1. The molecule has 11 heavy (non-hydrogen) atoms. The van der Waals surface area contributed by atoms with E-state index in [0.717, 1.165) is 12.8 Å². The minimum atomic E-state index is -0.0825. The van der Waals surface area contributed by atoms with Gasteiger partial charge in [-0.3, -0.25) is 9.63 Å². The second-order valence-corrected chi connectivity index (χ2v) is 2.50. The molecule has 0 aromatic heterocycles. The number of hydrogen-bond donors (Lipinski definition) is 2. The fourth-order valence-electron chi connectivity index (χ4n) is 0.756. The summed E-state index contributed by atoms with van der Waals surface area (Å²) < 4.78 is 0. The Kier molecular flexibility index (Phi) is 5.78. The van der Waals surface area contributed by atoms with Gasteiger partial charge in [-0.1, -0.05) is 6.92 Å². The Balaban J connectivity index is 3.46. The lowest BCUT2D eigenvalue weighted by Gasteiger charge is -2.08. The van der Waals surface area contributed by atoms with Crippen molar-refractivity contribution in [2.75, 3.05) is 13.7 Å². The first-order chi connectivity index (χ1) is 5.22. The molecule has 0 aromatic rings. The van der Waals surface area contributed by atoms with Crippen molar-refractivity contribution in [2.45, 2.75) is 19.8 Å². The molecular weight excluding hydrogens is 144 g/mol. The molecule has 4 nitrogen and oxygen atoms in total. The van der Waals surface area contributed by atoms with Crippen molar-refractivity contribution in [3.05, 3.63) is 0 Å². The third-order valence-corrected chi connectivity index (χ3v) is 1.49. The summed E-state index contributed by atoms with van der Waals surface area (Å²) in [5.41, 5.74) is 7.56. The topological polar surface area (TPSA) is 64.3 Å². The molecule has 0 aromatic carbocycles. The maximum atomic E-state index is 11.0. The zero-order chi connectivity index (χ0) is 8.69. The number of hydroxylamine groups is 1. The van der Waals surface area contributed by atoms with Crippen LogP contribution in [0.3, 0.4) is 0 Å². The summed E-state index contributed by atoms with van der Waals surface area (Å²) in [4.78, 5) is 15.4. The highest BCUT2D eigenvalue weighted by Crippen LogP contribution is 2.03. The van der Waals surface area contributed by atoms with Gasteiger partial charge >= 0.3 is 0 Å². The fourth-order valence-corrected chi connectivity index (χ4v) is 0.756. The minimum Gasteiger partial charge on any atom is -0.330 e. The van der Waals surface area contributed by atoms with E-state index in [1.54, 1.807) is 0 Å². The fraction of sp³-hybridized carbons (Fsp3) is 0.857. The van der Waals surface area contributed by atoms with Gasteiger partial charge in [-0.15, -0.1) is 0 Å². The van der Waals surface area contributed by atoms with E-state index >= 15 is 0 Å². The molecule has 0 fully saturated rings. The Hall–Kier alpha value is -0.610. The van der Waals surface area contributed by atoms with Crippen LogP contribution >= 0.6 is 0 Å². The normalized spacial score (nSPS) is 12.6. The van der Waals surface area contributed by atoms with Crippen molar-refractivity contribution in [1.29, 1.82) is 0 Å². The minimum absolute atomic E-state index is 0.0153. The van der Waals surface area contributed by atoms with Gasteiger partial charge in [0, 0.05) is 5.92 Å². The van der Waals surface area contributed by atoms with Gasteiger partial charge in [0.25, 0.3) is 0 Å². The monoisotopic (exact) mass is 160 g/mol. The molecule has 0 aliphatic heterocycles. The highest BCUT2D eigenvalue weighted by molar-refractivity contribution is 5.77. The molecule has 3 N–H and O–H groups in total. The van der Waals surface area contributed by atoms with E-state index in [-0.39, 0.29) is 11.8 Å². The van der Waals surface area contributed by atoms with Crippen molar-refractivity contribution < 1.29 is 9.63 Å². The molecule has 1 amide bonds. The molecule has 0 heterocycles. The third-order valence-electron chi connectivity index (χ3n) is 1.49. The molecule has 0 saturated carbocycles. The number of carbonyl (C=O) groups is 1. The highest BCUT2D eigenvalue weighted by Gasteiger charge is 2.10. The van der Waals surface area contributed by atoms with Crippen molar-refractivity contribution >= 4 is 5.91 Å². The molecule has 1 atom stereocenters. The predicted molar refractivity (Wildman–Crippen MR) is 42.6 cm³/mol. The maximum Gasteiger partial charge on any atom is 0.246 e. The van der Waals surface area contributed by atoms with E-state index in [2.05, 4.69) is 10.3 Å². The van der Waals surface area contributed by atoms with Gasteiger partial charge < -0.3 is 5.73 Å². The lowest BCUT2D eigenvalue weighted by molar-refractivity contribution is -0.135. The highest BCUT2D eigenvalue weighted by atomic mass is 16.6. The molecule has 0 radical (unpaired) electrons. The molecule has 0 rings (SSSR count). The molecule has 0 aliphatic rings. The Morgan fingerprint density at radius 3 is 2.82 bits per heavy atom. The van der Waals surface area contributed by atoms with Crippen LogP contribution < -0.4 is 11.2 Å². The average Bonchev–Trinajstić information content (AvgIpc) is 2.00. The standard InChI is InChI=1S/C7H16N2O2/c1-6(4-3-5-8)7(10)9-11-2/h6H,3-5,8H2,1-2H3,(H,9,10). The van der Waals surface area contributed by atoms with Crippen LogP contribution in [0.15, 0.2) is 0 Å². The van der Waals surface area contributed by atoms with Crippen LogP contribution in [0.4, 0.5) is 0 Å². The van der Waals surface area contributed by atoms with E-state index < -0.39 is 0 Å². The SMILES string of the molecule is CONC(=O)C(C)CCCN. The zero-order valence-corrected chi connectivity index (χ0v) is 7.09. The zero-order valence-electron chi connectivity index (χ0n) is 7.09. The summed E-state index contributed by atoms with van der Waals surface area (Å²) in [6.45, 7) is 2.48. The number of carbonyl (C=O) groups excluding carboxylic acids is 1. The van der Waals surface area contributed by atoms with Crippen LogP contribution in [0.1, 0.15) is 19.8 Å². The number of amides is 1. The van der Waals surface area contributed by atoms with Crippen LogP contribution in [0, 0.1) is 5.92 Å². The molecule has 0 aliphatic carbocycles. The second-order valence-electron chi connectivity index (χ2n) is 2.50. The Labute approximate surface area is 67.0 Å². The second kappa shape index (κ2) is 6.12. The first-order valence-corrected chi connectivity index (χ1v) is 3.75. The molecule has 4 heteroatoms. The Morgan fingerprint density at radius 1 is 1.73 bits per heavy atom. The van der Waals surface area contributed by atoms with Crippen LogP contribution in [0.5, 0.6) is 0 Å². The predicted octanol–water partition coefficient (Wildman–Crippen LogP) is 0.0390. The summed E-state index contributed by atoms with van der Waals surface area (Å²) in [6.07, 6.45) is 1.68. The van der Waals surface area contributed by atoms with Gasteiger partial charge in [-0.05, 0) is 19.4 Å². The summed E-state index contributed by atoms with van der Waals surface area (Å²) in [5.74, 6) is -0.0977. The lowest BCUT2D eigenvalue weighted by atomic mass is 10.1. The van der Waals surface area contributed by atoms with E-state index in [0.29, 0.717) is 6.54 Å². The van der Waals surface area contributed by atoms with Crippen LogP contribution in [-0.2, 0) is 9.63 Å². The van der Waals surface area contributed by atoms with Gasteiger partial charge in [0.05, 0.1) is 7.11 Å². The first-order valence-electron chi connectivity index (χ1n) is 3.75. The van der Waals surface area contributed by atoms with E-state index in [4.69, 9.17) is 5.73 Å². The van der Waals surface area contributed by atoms with Crippen molar-refractivity contribution in [2.24, 2.45) is 11.7 Å². The molecule has 66 valence electrons. The third kappa shape index (κ3) is 4.75. The smallest absolute Gasteiger partial charge is 0.246 e. The number of rotatable bonds is 5. The first kappa shape index (κ1) is 10.4. The van der Waals surface area contributed by atoms with Crippen molar-refractivity contribution in [3.8, 4) is 0 Å². The van der Waals surface area contributed by atoms with E-state index in [1.165, 1.54) is 7.11 Å². The summed E-state index contributed by atoms with van der Waals surface area (Å²) in [7, 11) is 1.42. The Morgan fingerprint density at radius 2 is 2.36 bits per heavy atom. The van der Waals surface area contributed by atoms with Gasteiger partial charge in [0.2, 0.25) is 5.91 Å². The number of hydrogen-bond acceptors (Lipinski definition) is 3. The average molecular weight is 160 g/mol. The Bertz CT molecular complexity index is 117. The largest absolute Gasteiger partial charge is 0.330 e. The van der Waals surface area contributed by atoms with Gasteiger partial charge in [-0.25, -0.2) is 5.48 Å². The summed E-state index contributed by atoms with van der Waals surface area (Å²) in [5, 5.41) is 0. The van der Waals surface area contributed by atoms with Gasteiger partial charge in [0.15, 0.2) is 0 Å². The molecule has 0 spiro atoms. The summed E-state index contributed by atoms with van der Waals surface area (Å²) >= 11 is 0. The lowest BCUT2D eigenvalue weighted by Crippen LogP contribution is -2.28. The van der Waals surface area contributed by atoms with Crippen molar-refractivity contribution in [1.82, 2.24) is 5.48 Å². The van der Waals surface area contributed by atoms with Crippen molar-refractivity contribution in [3.63, 3.8) is 0 Å². The van der Waals surface area contributed by atoms with E-state index in [9.17, 15) is 4.79 Å².